The normalized spacial score (nSPS) is 11.4. The summed E-state index contributed by atoms with van der Waals surface area (Å²) < 4.78 is 41.0. The van der Waals surface area contributed by atoms with Crippen LogP contribution in [-0.2, 0) is 14.8 Å². The molecule has 9 nitrogen and oxygen atoms in total. The molecule has 1 heterocycles. The molecule has 0 aliphatic heterocycles. The minimum atomic E-state index is -4.14. The molecule has 0 saturated heterocycles. The van der Waals surface area contributed by atoms with Gasteiger partial charge in [-0.1, -0.05) is 29.8 Å². The Morgan fingerprint density at radius 3 is 2.27 bits per heavy atom. The van der Waals surface area contributed by atoms with Crippen LogP contribution in [0.3, 0.4) is 0 Å². The number of hydrogen-bond donors (Lipinski definition) is 1. The van der Waals surface area contributed by atoms with E-state index in [1.165, 1.54) is 31.9 Å². The summed E-state index contributed by atoms with van der Waals surface area (Å²) in [4.78, 5) is 13.0. The summed E-state index contributed by atoms with van der Waals surface area (Å²) in [5, 5.41) is 4.12. The van der Waals surface area contributed by atoms with Crippen LogP contribution in [0.2, 0.25) is 0 Å². The number of rotatable bonds is 10. The van der Waals surface area contributed by atoms with Gasteiger partial charge in [-0.25, -0.2) is 13.8 Å². The molecule has 1 N–H and O–H groups in total. The Morgan fingerprint density at radius 2 is 1.62 bits per heavy atom. The summed E-state index contributed by atoms with van der Waals surface area (Å²) in [6, 6.07) is 22.7. The molecule has 40 heavy (non-hydrogen) atoms. The van der Waals surface area contributed by atoms with Gasteiger partial charge in [-0.3, -0.25) is 9.10 Å². The van der Waals surface area contributed by atoms with Gasteiger partial charge in [0, 0.05) is 22.6 Å². The zero-order chi connectivity index (χ0) is 28.9. The van der Waals surface area contributed by atoms with E-state index < -0.39 is 22.5 Å². The minimum Gasteiger partial charge on any atom is -0.497 e. The quantitative estimate of drug-likeness (QED) is 0.223. The number of aromatic nitrogens is 1. The van der Waals surface area contributed by atoms with Crippen molar-refractivity contribution in [2.45, 2.75) is 25.7 Å². The Balaban J connectivity index is 1.58. The van der Waals surface area contributed by atoms with Gasteiger partial charge in [0.25, 0.3) is 15.9 Å². The highest BCUT2D eigenvalue weighted by atomic mass is 32.2. The van der Waals surface area contributed by atoms with Crippen LogP contribution in [-0.4, -0.2) is 45.9 Å². The number of sulfonamides is 1. The first-order chi connectivity index (χ1) is 19.1. The fraction of sp³-hybridized carbons (Fsp3) is 0.200. The van der Waals surface area contributed by atoms with Gasteiger partial charge in [-0.05, 0) is 75.4 Å². The molecular weight excluding hydrogens is 528 g/mol. The third-order valence-corrected chi connectivity index (χ3v) is 8.22. The van der Waals surface area contributed by atoms with E-state index in [1.807, 2.05) is 39.0 Å². The lowest BCUT2D eigenvalue weighted by Crippen LogP contribution is -2.39. The van der Waals surface area contributed by atoms with E-state index in [2.05, 4.69) is 27.2 Å². The molecule has 0 radical (unpaired) electrons. The Kier molecular flexibility index (Phi) is 8.59. The monoisotopic (exact) mass is 560 g/mol. The Labute approximate surface area is 234 Å². The lowest BCUT2D eigenvalue weighted by Gasteiger charge is -2.25. The molecule has 0 fully saturated rings. The molecule has 0 bridgehead atoms. The standard InChI is InChI=1S/C30H32N4O5S/c1-21-10-12-25(13-11-21)34-22(2)18-24(23(34)3)19-31-32-30(35)20-33(28-8-6-7-9-29(28)39-5)40(36,37)27-16-14-26(38-4)15-17-27/h6-19H,20H2,1-5H3,(H,32,35)/b31-19-. The topological polar surface area (TPSA) is 102 Å². The number of ether oxygens (including phenoxy) is 2. The largest absolute Gasteiger partial charge is 0.497 e. The molecule has 0 atom stereocenters. The minimum absolute atomic E-state index is 0.000877. The molecule has 4 rings (SSSR count). The van der Waals surface area contributed by atoms with E-state index >= 15 is 0 Å². The van der Waals surface area contributed by atoms with Crippen LogP contribution in [0.4, 0.5) is 5.69 Å². The van der Waals surface area contributed by atoms with Crippen molar-refractivity contribution < 1.29 is 22.7 Å². The lowest BCUT2D eigenvalue weighted by molar-refractivity contribution is -0.119. The SMILES string of the molecule is COc1ccc(S(=O)(=O)N(CC(=O)N/N=C\c2cc(C)n(-c3ccc(C)cc3)c2C)c2ccccc2OC)cc1. The van der Waals surface area contributed by atoms with Crippen molar-refractivity contribution in [3.63, 3.8) is 0 Å². The number of anilines is 1. The fourth-order valence-electron chi connectivity index (χ4n) is 4.36. The number of methoxy groups -OCH3 is 2. The van der Waals surface area contributed by atoms with Gasteiger partial charge in [0.2, 0.25) is 0 Å². The molecule has 0 aliphatic carbocycles. The Hall–Kier alpha value is -4.57. The molecule has 1 aromatic heterocycles. The molecule has 4 aromatic rings. The Morgan fingerprint density at radius 1 is 0.950 bits per heavy atom. The predicted octanol–water partition coefficient (Wildman–Crippen LogP) is 4.77. The molecule has 208 valence electrons. The summed E-state index contributed by atoms with van der Waals surface area (Å²) in [6.45, 7) is 5.49. The van der Waals surface area contributed by atoms with Crippen LogP contribution < -0.4 is 19.2 Å². The van der Waals surface area contributed by atoms with E-state index in [0.717, 1.165) is 26.9 Å². The number of hydrogen-bond acceptors (Lipinski definition) is 6. The van der Waals surface area contributed by atoms with Gasteiger partial charge in [-0.15, -0.1) is 0 Å². The number of para-hydroxylation sites is 2. The molecule has 0 spiro atoms. The zero-order valence-corrected chi connectivity index (χ0v) is 23.9. The van der Waals surface area contributed by atoms with Crippen molar-refractivity contribution >= 4 is 27.8 Å². The molecule has 0 unspecified atom stereocenters. The van der Waals surface area contributed by atoms with Gasteiger partial charge in [0.1, 0.15) is 18.0 Å². The number of nitrogens with one attached hydrogen (secondary N) is 1. The van der Waals surface area contributed by atoms with Gasteiger partial charge in [-0.2, -0.15) is 5.10 Å². The maximum absolute atomic E-state index is 13.7. The second-order valence-electron chi connectivity index (χ2n) is 9.15. The van der Waals surface area contributed by atoms with Crippen LogP contribution in [0.5, 0.6) is 11.5 Å². The first-order valence-corrected chi connectivity index (χ1v) is 14.0. The van der Waals surface area contributed by atoms with Crippen molar-refractivity contribution in [1.29, 1.82) is 0 Å². The van der Waals surface area contributed by atoms with Crippen molar-refractivity contribution in [2.24, 2.45) is 5.10 Å². The van der Waals surface area contributed by atoms with Crippen molar-refractivity contribution in [2.75, 3.05) is 25.1 Å². The van der Waals surface area contributed by atoms with Crippen molar-refractivity contribution in [1.82, 2.24) is 9.99 Å². The van der Waals surface area contributed by atoms with Crippen LogP contribution >= 0.6 is 0 Å². The number of hydrazone groups is 1. The number of amides is 1. The Bertz CT molecular complexity index is 1630. The van der Waals surface area contributed by atoms with Crippen molar-refractivity contribution in [3.05, 3.63) is 101 Å². The van der Waals surface area contributed by atoms with Crippen LogP contribution in [0.15, 0.2) is 88.9 Å². The molecule has 1 amide bonds. The maximum Gasteiger partial charge on any atom is 0.264 e. The lowest BCUT2D eigenvalue weighted by atomic mass is 10.2. The summed E-state index contributed by atoms with van der Waals surface area (Å²) in [6.07, 6.45) is 1.55. The summed E-state index contributed by atoms with van der Waals surface area (Å²) in [7, 11) is -1.21. The predicted molar refractivity (Wildman–Crippen MR) is 156 cm³/mol. The number of carbonyl (C=O) groups is 1. The third-order valence-electron chi connectivity index (χ3n) is 6.44. The van der Waals surface area contributed by atoms with Crippen LogP contribution in [0.25, 0.3) is 5.69 Å². The first-order valence-electron chi connectivity index (χ1n) is 12.5. The first kappa shape index (κ1) is 28.4. The van der Waals surface area contributed by atoms with E-state index in [1.54, 1.807) is 42.6 Å². The average molecular weight is 561 g/mol. The molecule has 3 aromatic carbocycles. The number of carbonyl (C=O) groups excluding carboxylic acids is 1. The molecule has 10 heteroatoms. The maximum atomic E-state index is 13.7. The smallest absolute Gasteiger partial charge is 0.264 e. The van der Waals surface area contributed by atoms with Crippen LogP contribution in [0, 0.1) is 20.8 Å². The van der Waals surface area contributed by atoms with Gasteiger partial charge in [0.15, 0.2) is 0 Å². The van der Waals surface area contributed by atoms with Crippen LogP contribution in [0.1, 0.15) is 22.5 Å². The number of benzene rings is 3. The summed E-state index contributed by atoms with van der Waals surface area (Å²) in [5.74, 6) is 0.197. The number of aryl methyl sites for hydroxylation is 2. The highest BCUT2D eigenvalue weighted by Gasteiger charge is 2.29. The van der Waals surface area contributed by atoms with Gasteiger partial charge >= 0.3 is 0 Å². The highest BCUT2D eigenvalue weighted by Crippen LogP contribution is 2.32. The van der Waals surface area contributed by atoms with Gasteiger partial charge in [0.05, 0.1) is 31.0 Å². The molecule has 0 saturated carbocycles. The summed E-state index contributed by atoms with van der Waals surface area (Å²) in [5.41, 5.74) is 7.69. The summed E-state index contributed by atoms with van der Waals surface area (Å²) >= 11 is 0. The number of nitrogens with zero attached hydrogens (tertiary/aromatic N) is 3. The third kappa shape index (κ3) is 6.02. The zero-order valence-electron chi connectivity index (χ0n) is 23.1. The second-order valence-corrected chi connectivity index (χ2v) is 11.0. The average Bonchev–Trinajstić information content (AvgIpc) is 3.24. The highest BCUT2D eigenvalue weighted by molar-refractivity contribution is 7.92. The fourth-order valence-corrected chi connectivity index (χ4v) is 5.79. The van der Waals surface area contributed by atoms with E-state index in [4.69, 9.17) is 9.47 Å². The van der Waals surface area contributed by atoms with E-state index in [0.29, 0.717) is 11.5 Å². The second kappa shape index (κ2) is 12.1. The molecule has 0 aliphatic rings. The van der Waals surface area contributed by atoms with E-state index in [9.17, 15) is 13.2 Å². The van der Waals surface area contributed by atoms with Crippen molar-refractivity contribution in [3.8, 4) is 17.2 Å². The van der Waals surface area contributed by atoms with E-state index in [-0.39, 0.29) is 10.6 Å². The molecular formula is C30H32N4O5S. The van der Waals surface area contributed by atoms with Gasteiger partial charge < -0.3 is 14.0 Å².